The van der Waals surface area contributed by atoms with Crippen LogP contribution in [0.2, 0.25) is 0 Å². The van der Waals surface area contributed by atoms with Crippen LogP contribution < -0.4 is 9.64 Å². The lowest BCUT2D eigenvalue weighted by Gasteiger charge is -2.37. The molecular weight excluding hydrogens is 295 g/mol. The first-order valence-corrected chi connectivity index (χ1v) is 7.46. The minimum absolute atomic E-state index is 0.278. The molecule has 0 spiro atoms. The topological polar surface area (TPSA) is 62.0 Å². The fourth-order valence-corrected chi connectivity index (χ4v) is 2.90. The summed E-state index contributed by atoms with van der Waals surface area (Å²) in [5.41, 5.74) is -0.476. The molecule has 0 unspecified atom stereocenters. The minimum Gasteiger partial charge on any atom is -0.497 e. The molecule has 0 atom stereocenters. The van der Waals surface area contributed by atoms with Crippen molar-refractivity contribution in [3.63, 3.8) is 0 Å². The van der Waals surface area contributed by atoms with Gasteiger partial charge in [0.05, 0.1) is 7.11 Å². The second-order valence-corrected chi connectivity index (χ2v) is 5.52. The fourth-order valence-electron chi connectivity index (χ4n) is 2.90. The molecule has 0 bridgehead atoms. The monoisotopic (exact) mass is 312 g/mol. The van der Waals surface area contributed by atoms with Crippen LogP contribution in [0.4, 0.5) is 10.2 Å². The minimum atomic E-state index is -1.39. The van der Waals surface area contributed by atoms with E-state index in [0.717, 1.165) is 0 Å². The molecule has 23 heavy (non-hydrogen) atoms. The lowest BCUT2D eigenvalue weighted by atomic mass is 9.86. The number of hydrogen-bond donors (Lipinski definition) is 0. The largest absolute Gasteiger partial charge is 0.497 e. The molecule has 1 fully saturated rings. The number of piperidine rings is 1. The molecule has 6 heteroatoms. The molecule has 0 amide bonds. The van der Waals surface area contributed by atoms with Gasteiger partial charge in [-0.3, -0.25) is 0 Å². The number of alkyl halides is 1. The van der Waals surface area contributed by atoms with Crippen molar-refractivity contribution < 1.29 is 9.13 Å². The van der Waals surface area contributed by atoms with Crippen LogP contribution in [-0.2, 0) is 5.67 Å². The lowest BCUT2D eigenvalue weighted by Crippen LogP contribution is -2.41. The van der Waals surface area contributed by atoms with Crippen molar-refractivity contribution in [1.82, 2.24) is 9.97 Å². The summed E-state index contributed by atoms with van der Waals surface area (Å²) >= 11 is 0. The predicted molar refractivity (Wildman–Crippen MR) is 84.0 cm³/mol. The van der Waals surface area contributed by atoms with Gasteiger partial charge in [-0.25, -0.2) is 14.4 Å². The van der Waals surface area contributed by atoms with Crippen LogP contribution in [0.1, 0.15) is 24.1 Å². The van der Waals surface area contributed by atoms with Crippen LogP contribution in [0.5, 0.6) is 5.75 Å². The van der Waals surface area contributed by atoms with E-state index in [4.69, 9.17) is 10.00 Å². The van der Waals surface area contributed by atoms with Gasteiger partial charge in [0, 0.05) is 38.3 Å². The van der Waals surface area contributed by atoms with Crippen LogP contribution in [0.25, 0.3) is 0 Å². The zero-order valence-electron chi connectivity index (χ0n) is 12.9. The number of rotatable bonds is 3. The van der Waals surface area contributed by atoms with Crippen molar-refractivity contribution in [2.45, 2.75) is 18.5 Å². The molecule has 1 aliphatic rings. The highest BCUT2D eigenvalue weighted by Crippen LogP contribution is 2.39. The molecule has 2 aromatic rings. The van der Waals surface area contributed by atoms with Gasteiger partial charge >= 0.3 is 0 Å². The van der Waals surface area contributed by atoms with E-state index in [1.807, 2.05) is 11.0 Å². The Hall–Kier alpha value is -2.68. The lowest BCUT2D eigenvalue weighted by molar-refractivity contribution is 0.124. The van der Waals surface area contributed by atoms with E-state index in [1.165, 1.54) is 6.20 Å². The first-order chi connectivity index (χ1) is 11.2. The van der Waals surface area contributed by atoms with Gasteiger partial charge in [-0.05, 0) is 17.7 Å². The Morgan fingerprint density at radius 2 is 2.00 bits per heavy atom. The van der Waals surface area contributed by atoms with Crippen molar-refractivity contribution in [1.29, 1.82) is 5.26 Å². The highest BCUT2D eigenvalue weighted by molar-refractivity contribution is 5.50. The number of aromatic nitrogens is 2. The van der Waals surface area contributed by atoms with E-state index in [2.05, 4.69) is 9.97 Å². The first-order valence-electron chi connectivity index (χ1n) is 7.46. The second-order valence-electron chi connectivity index (χ2n) is 5.52. The number of hydrogen-bond acceptors (Lipinski definition) is 5. The number of benzene rings is 1. The van der Waals surface area contributed by atoms with Crippen molar-refractivity contribution in [3.8, 4) is 11.8 Å². The Bertz CT molecular complexity index is 735. The number of halogens is 1. The van der Waals surface area contributed by atoms with Gasteiger partial charge in [-0.15, -0.1) is 0 Å². The molecule has 1 aromatic carbocycles. The summed E-state index contributed by atoms with van der Waals surface area (Å²) in [7, 11) is 1.57. The normalized spacial score (nSPS) is 16.7. The first kappa shape index (κ1) is 15.2. The maximum Gasteiger partial charge on any atom is 0.183 e. The summed E-state index contributed by atoms with van der Waals surface area (Å²) in [6, 6.07) is 9.19. The Balaban J connectivity index is 1.78. The van der Waals surface area contributed by atoms with Gasteiger partial charge in [0.1, 0.15) is 17.5 Å². The highest BCUT2D eigenvalue weighted by atomic mass is 19.1. The summed E-state index contributed by atoms with van der Waals surface area (Å²) in [4.78, 5) is 10.2. The third-order valence-electron chi connectivity index (χ3n) is 4.23. The third-order valence-corrected chi connectivity index (χ3v) is 4.23. The number of anilines is 1. The van der Waals surface area contributed by atoms with Crippen molar-refractivity contribution >= 4 is 5.82 Å². The predicted octanol–water partition coefficient (Wildman–Crippen LogP) is 2.82. The summed E-state index contributed by atoms with van der Waals surface area (Å²) < 4.78 is 20.5. The van der Waals surface area contributed by atoms with Crippen LogP contribution in [-0.4, -0.2) is 30.2 Å². The maximum absolute atomic E-state index is 15.3. The molecule has 3 rings (SSSR count). The number of nitrogens with zero attached hydrogens (tertiary/aromatic N) is 4. The summed E-state index contributed by atoms with van der Waals surface area (Å²) in [6.07, 6.45) is 3.71. The molecule has 0 saturated carbocycles. The van der Waals surface area contributed by atoms with Crippen molar-refractivity contribution in [2.75, 3.05) is 25.1 Å². The Morgan fingerprint density at radius 1 is 1.26 bits per heavy atom. The van der Waals surface area contributed by atoms with Gasteiger partial charge in [-0.1, -0.05) is 12.1 Å². The molecule has 0 radical (unpaired) electrons. The number of methoxy groups -OCH3 is 1. The molecule has 118 valence electrons. The van der Waals surface area contributed by atoms with Crippen LogP contribution in [0, 0.1) is 11.3 Å². The summed E-state index contributed by atoms with van der Waals surface area (Å²) in [5.74, 6) is 1.19. The fraction of sp³-hybridized carbons (Fsp3) is 0.353. The zero-order valence-corrected chi connectivity index (χ0v) is 12.9. The third kappa shape index (κ3) is 2.95. The van der Waals surface area contributed by atoms with E-state index in [-0.39, 0.29) is 5.69 Å². The Kier molecular flexibility index (Phi) is 4.11. The van der Waals surface area contributed by atoms with Gasteiger partial charge in [0.15, 0.2) is 11.5 Å². The number of ether oxygens (including phenoxy) is 1. The molecule has 1 saturated heterocycles. The Labute approximate surface area is 134 Å². The van der Waals surface area contributed by atoms with Gasteiger partial charge < -0.3 is 9.64 Å². The summed E-state index contributed by atoms with van der Waals surface area (Å²) in [6.45, 7) is 0.974. The standard InChI is InChI=1S/C17H17FN4O/c1-23-14-4-2-3-13(11-14)17(18)5-9-22(10-6-17)16-15(12-19)20-7-8-21-16/h2-4,7-8,11H,5-6,9-10H2,1H3. The molecule has 1 aliphatic heterocycles. The van der Waals surface area contributed by atoms with Crippen LogP contribution in [0.3, 0.4) is 0 Å². The molecule has 5 nitrogen and oxygen atoms in total. The SMILES string of the molecule is COc1cccc(C2(F)CCN(c3nccnc3C#N)CC2)c1. The van der Waals surface area contributed by atoms with Gasteiger partial charge in [0.25, 0.3) is 0 Å². The molecule has 1 aromatic heterocycles. The zero-order chi connectivity index (χ0) is 16.3. The average Bonchev–Trinajstić information content (AvgIpc) is 2.62. The molecule has 0 N–H and O–H groups in total. The van der Waals surface area contributed by atoms with Crippen LogP contribution in [0.15, 0.2) is 36.7 Å². The number of nitriles is 1. The van der Waals surface area contributed by atoms with Crippen molar-refractivity contribution in [3.05, 3.63) is 47.9 Å². The van der Waals surface area contributed by atoms with E-state index < -0.39 is 5.67 Å². The van der Waals surface area contributed by atoms with E-state index >= 15 is 4.39 Å². The average molecular weight is 312 g/mol. The Morgan fingerprint density at radius 3 is 2.70 bits per heavy atom. The van der Waals surface area contributed by atoms with Gasteiger partial charge in [0.2, 0.25) is 0 Å². The maximum atomic E-state index is 15.3. The quantitative estimate of drug-likeness (QED) is 0.872. The van der Waals surface area contributed by atoms with E-state index in [0.29, 0.717) is 43.1 Å². The molecular formula is C17H17FN4O. The van der Waals surface area contributed by atoms with Crippen molar-refractivity contribution in [2.24, 2.45) is 0 Å². The van der Waals surface area contributed by atoms with Gasteiger partial charge in [-0.2, -0.15) is 5.26 Å². The summed E-state index contributed by atoms with van der Waals surface area (Å²) in [5, 5.41) is 9.12. The highest BCUT2D eigenvalue weighted by Gasteiger charge is 2.37. The van der Waals surface area contributed by atoms with E-state index in [9.17, 15) is 0 Å². The molecule has 0 aliphatic carbocycles. The van der Waals surface area contributed by atoms with E-state index in [1.54, 1.807) is 37.6 Å². The second kappa shape index (κ2) is 6.21. The van der Waals surface area contributed by atoms with Crippen LogP contribution >= 0.6 is 0 Å². The molecule has 2 heterocycles. The smallest absolute Gasteiger partial charge is 0.183 e.